The minimum absolute atomic E-state index is 0.0331. The van der Waals surface area contributed by atoms with Gasteiger partial charge in [0.05, 0.1) is 12.4 Å². The topological polar surface area (TPSA) is 195 Å². The summed E-state index contributed by atoms with van der Waals surface area (Å²) in [6.45, 7) is 3.71. The van der Waals surface area contributed by atoms with Gasteiger partial charge in [-0.2, -0.15) is 11.8 Å². The van der Waals surface area contributed by atoms with Gasteiger partial charge in [0.25, 0.3) is 0 Å². The molecular weight excluding hydrogens is 546 g/mol. The van der Waals surface area contributed by atoms with Gasteiger partial charge in [0.15, 0.2) is 0 Å². The van der Waals surface area contributed by atoms with Gasteiger partial charge < -0.3 is 36.8 Å². The van der Waals surface area contributed by atoms with Crippen molar-refractivity contribution in [3.8, 4) is 0 Å². The number of aromatic amines is 2. The number of benzene rings is 1. The number of para-hydroxylation sites is 1. The summed E-state index contributed by atoms with van der Waals surface area (Å²) < 4.78 is 0. The number of aliphatic carboxylic acids is 1. The van der Waals surface area contributed by atoms with Crippen LogP contribution in [0.2, 0.25) is 0 Å². The molecule has 0 aliphatic heterocycles. The highest BCUT2D eigenvalue weighted by Crippen LogP contribution is 2.19. The third-order valence-electron chi connectivity index (χ3n) is 7.09. The van der Waals surface area contributed by atoms with E-state index in [2.05, 4.69) is 30.9 Å². The van der Waals surface area contributed by atoms with E-state index in [1.54, 1.807) is 18.0 Å². The van der Waals surface area contributed by atoms with Gasteiger partial charge in [-0.25, -0.2) is 9.78 Å². The van der Waals surface area contributed by atoms with Crippen LogP contribution in [-0.4, -0.2) is 79.9 Å². The third-order valence-corrected chi connectivity index (χ3v) is 7.73. The van der Waals surface area contributed by atoms with Crippen LogP contribution in [0.15, 0.2) is 43.0 Å². The normalized spacial score (nSPS) is 14.9. The Morgan fingerprint density at radius 2 is 1.76 bits per heavy atom. The molecule has 0 radical (unpaired) electrons. The summed E-state index contributed by atoms with van der Waals surface area (Å²) in [7, 11) is 0. The second kappa shape index (κ2) is 15.2. The smallest absolute Gasteiger partial charge is 0.326 e. The molecule has 0 bridgehead atoms. The summed E-state index contributed by atoms with van der Waals surface area (Å²) in [5.41, 5.74) is 8.17. The second-order valence-electron chi connectivity index (χ2n) is 10.1. The van der Waals surface area contributed by atoms with Crippen molar-refractivity contribution in [3.63, 3.8) is 0 Å². The number of carboxylic acids is 1. The van der Waals surface area contributed by atoms with Crippen molar-refractivity contribution in [2.24, 2.45) is 11.7 Å². The minimum Gasteiger partial charge on any atom is -0.480 e. The number of thioether (sulfide) groups is 1. The molecule has 12 nitrogen and oxygen atoms in total. The summed E-state index contributed by atoms with van der Waals surface area (Å²) >= 11 is 1.57. The number of hydrogen-bond donors (Lipinski definition) is 7. The second-order valence-corrected chi connectivity index (χ2v) is 11.1. The van der Waals surface area contributed by atoms with Crippen LogP contribution in [0.25, 0.3) is 10.9 Å². The first-order valence-electron chi connectivity index (χ1n) is 13.5. The number of nitrogens with zero attached hydrogens (tertiary/aromatic N) is 1. The van der Waals surface area contributed by atoms with E-state index in [0.29, 0.717) is 24.3 Å². The van der Waals surface area contributed by atoms with E-state index >= 15 is 0 Å². The molecule has 1 aromatic carbocycles. The zero-order valence-electron chi connectivity index (χ0n) is 23.5. The number of fused-ring (bicyclic) bond motifs is 1. The molecule has 13 heteroatoms. The molecule has 2 aromatic heterocycles. The van der Waals surface area contributed by atoms with Gasteiger partial charge in [-0.1, -0.05) is 38.5 Å². The standard InChI is InChI=1S/C28H39N7O5S/c1-4-16(2)24(35-25(36)20(29)9-10-41-3)27(38)33-22(12-18-14-30-15-32-18)26(37)34-23(28(39)40)11-17-13-31-21-8-6-5-7-19(17)21/h5-8,13-16,20,22-24,31H,4,9-12,29H2,1-3H3,(H,30,32)(H,33,38)(H,34,37)(H,35,36)(H,39,40). The van der Waals surface area contributed by atoms with Crippen molar-refractivity contribution in [2.45, 2.75) is 63.7 Å². The molecule has 0 fully saturated rings. The Hall–Kier alpha value is -3.84. The van der Waals surface area contributed by atoms with Gasteiger partial charge in [0, 0.05) is 41.8 Å². The summed E-state index contributed by atoms with van der Waals surface area (Å²) in [4.78, 5) is 61.9. The van der Waals surface area contributed by atoms with Crippen LogP contribution >= 0.6 is 11.8 Å². The van der Waals surface area contributed by atoms with Crippen LogP contribution in [0.5, 0.6) is 0 Å². The van der Waals surface area contributed by atoms with E-state index in [0.717, 1.165) is 16.5 Å². The Labute approximate surface area is 243 Å². The van der Waals surface area contributed by atoms with Crippen molar-refractivity contribution >= 4 is 46.4 Å². The Bertz CT molecular complexity index is 1310. The van der Waals surface area contributed by atoms with E-state index in [9.17, 15) is 24.3 Å². The lowest BCUT2D eigenvalue weighted by Gasteiger charge is -2.28. The summed E-state index contributed by atoms with van der Waals surface area (Å²) in [5.74, 6) is -2.45. The van der Waals surface area contributed by atoms with E-state index in [1.165, 1.54) is 12.5 Å². The number of hydrogen-bond acceptors (Lipinski definition) is 7. The first kappa shape index (κ1) is 31.7. The van der Waals surface area contributed by atoms with E-state index in [1.807, 2.05) is 44.4 Å². The van der Waals surface area contributed by atoms with Crippen LogP contribution < -0.4 is 21.7 Å². The number of carbonyl (C=O) groups excluding carboxylic acids is 3. The lowest BCUT2D eigenvalue weighted by atomic mass is 9.97. The first-order valence-corrected chi connectivity index (χ1v) is 14.9. The Kier molecular flexibility index (Phi) is 11.8. The monoisotopic (exact) mass is 585 g/mol. The zero-order valence-corrected chi connectivity index (χ0v) is 24.3. The lowest BCUT2D eigenvalue weighted by molar-refractivity contribution is -0.142. The van der Waals surface area contributed by atoms with Crippen molar-refractivity contribution in [1.29, 1.82) is 0 Å². The summed E-state index contributed by atoms with van der Waals surface area (Å²) in [6, 6.07) is 3.38. The third kappa shape index (κ3) is 8.82. The summed E-state index contributed by atoms with van der Waals surface area (Å²) in [6.07, 6.45) is 7.72. The SMILES string of the molecule is CCC(C)C(NC(=O)C(N)CCSC)C(=O)NC(Cc1cnc[nH]1)C(=O)NC(Cc1c[nH]c2ccccc12)C(=O)O. The Morgan fingerprint density at radius 1 is 1.02 bits per heavy atom. The molecule has 3 rings (SSSR count). The molecule has 5 unspecified atom stereocenters. The fourth-order valence-corrected chi connectivity index (χ4v) is 4.91. The van der Waals surface area contributed by atoms with Crippen LogP contribution in [0, 0.1) is 5.92 Å². The molecule has 0 aliphatic carbocycles. The lowest BCUT2D eigenvalue weighted by Crippen LogP contribution is -2.59. The molecule has 3 amide bonds. The molecule has 5 atom stereocenters. The van der Waals surface area contributed by atoms with Crippen LogP contribution in [0.3, 0.4) is 0 Å². The predicted molar refractivity (Wildman–Crippen MR) is 158 cm³/mol. The van der Waals surface area contributed by atoms with E-state index in [4.69, 9.17) is 5.73 Å². The number of aromatic nitrogens is 3. The van der Waals surface area contributed by atoms with Crippen molar-refractivity contribution in [2.75, 3.05) is 12.0 Å². The maximum Gasteiger partial charge on any atom is 0.326 e. The number of carbonyl (C=O) groups is 4. The van der Waals surface area contributed by atoms with Crippen molar-refractivity contribution in [3.05, 3.63) is 54.2 Å². The molecule has 3 aromatic rings. The van der Waals surface area contributed by atoms with Gasteiger partial charge in [0.1, 0.15) is 18.1 Å². The largest absolute Gasteiger partial charge is 0.480 e. The average molecular weight is 586 g/mol. The average Bonchev–Trinajstić information content (AvgIpc) is 3.63. The maximum absolute atomic E-state index is 13.5. The number of rotatable bonds is 16. The highest BCUT2D eigenvalue weighted by Gasteiger charge is 2.33. The highest BCUT2D eigenvalue weighted by molar-refractivity contribution is 7.98. The zero-order chi connectivity index (χ0) is 29.9. The number of carboxylic acid groups (broad SMARTS) is 1. The molecule has 2 heterocycles. The number of imidazole rings is 1. The Morgan fingerprint density at radius 3 is 2.41 bits per heavy atom. The van der Waals surface area contributed by atoms with Gasteiger partial charge in [0.2, 0.25) is 17.7 Å². The number of amides is 3. The molecule has 8 N–H and O–H groups in total. The first-order chi connectivity index (χ1) is 19.6. The molecule has 0 saturated heterocycles. The van der Waals surface area contributed by atoms with Crippen LogP contribution in [-0.2, 0) is 32.0 Å². The van der Waals surface area contributed by atoms with Gasteiger partial charge >= 0.3 is 5.97 Å². The molecule has 0 aliphatic rings. The molecule has 222 valence electrons. The fourth-order valence-electron chi connectivity index (χ4n) is 4.42. The van der Waals surface area contributed by atoms with Crippen molar-refractivity contribution < 1.29 is 24.3 Å². The maximum atomic E-state index is 13.5. The fraction of sp³-hybridized carbons (Fsp3) is 0.464. The number of H-pyrrole nitrogens is 2. The van der Waals surface area contributed by atoms with Gasteiger partial charge in [-0.15, -0.1) is 0 Å². The number of nitrogens with one attached hydrogen (secondary N) is 5. The molecular formula is C28H39N7O5S. The number of nitrogens with two attached hydrogens (primary N) is 1. The molecule has 0 saturated carbocycles. The highest BCUT2D eigenvalue weighted by atomic mass is 32.2. The predicted octanol–water partition coefficient (Wildman–Crippen LogP) is 1.34. The summed E-state index contributed by atoms with van der Waals surface area (Å²) in [5, 5.41) is 18.9. The van der Waals surface area contributed by atoms with Gasteiger partial charge in [-0.05, 0) is 36.0 Å². The molecule has 0 spiro atoms. The quantitative estimate of drug-likeness (QED) is 0.131. The minimum atomic E-state index is -1.25. The van der Waals surface area contributed by atoms with E-state index < -0.39 is 47.9 Å². The van der Waals surface area contributed by atoms with Crippen LogP contribution in [0.1, 0.15) is 37.9 Å². The van der Waals surface area contributed by atoms with Crippen molar-refractivity contribution in [1.82, 2.24) is 30.9 Å². The van der Waals surface area contributed by atoms with Crippen LogP contribution in [0.4, 0.5) is 0 Å². The molecule has 41 heavy (non-hydrogen) atoms. The Balaban J connectivity index is 1.78. The van der Waals surface area contributed by atoms with Gasteiger partial charge in [-0.3, -0.25) is 14.4 Å². The van der Waals surface area contributed by atoms with E-state index in [-0.39, 0.29) is 18.8 Å².